The second kappa shape index (κ2) is 9.74. The molecule has 1 heterocycles. The fourth-order valence-corrected chi connectivity index (χ4v) is 4.15. The van der Waals surface area contributed by atoms with Crippen LogP contribution in [0.15, 0.2) is 39.6 Å². The average Bonchev–Trinajstić information content (AvgIpc) is 2.72. The number of pyridine rings is 1. The molecule has 0 aliphatic carbocycles. The zero-order valence-electron chi connectivity index (χ0n) is 16.7. The molecule has 0 unspecified atom stereocenters. The largest absolute Gasteiger partial charge is 0.493 e. The third kappa shape index (κ3) is 4.92. The number of carboxylic acid groups (broad SMARTS) is 2. The van der Waals surface area contributed by atoms with Crippen molar-refractivity contribution < 1.29 is 29.3 Å². The minimum absolute atomic E-state index is 0.0447. The maximum absolute atomic E-state index is 12.3. The van der Waals surface area contributed by atoms with Gasteiger partial charge in [-0.1, -0.05) is 29.3 Å². The summed E-state index contributed by atoms with van der Waals surface area (Å²) in [7, 11) is 1.34. The smallest absolute Gasteiger partial charge is 0.342 e. The Balaban J connectivity index is 2.16. The molecule has 33 heavy (non-hydrogen) atoms. The Bertz CT molecular complexity index is 1340. The van der Waals surface area contributed by atoms with Crippen LogP contribution in [0.25, 0.3) is 11.1 Å². The van der Waals surface area contributed by atoms with Gasteiger partial charge in [-0.3, -0.25) is 4.79 Å². The van der Waals surface area contributed by atoms with Gasteiger partial charge in [-0.15, -0.1) is 0 Å². The predicted molar refractivity (Wildman–Crippen MR) is 126 cm³/mol. The number of aromatic nitrogens is 1. The van der Waals surface area contributed by atoms with Crippen LogP contribution in [0.4, 0.5) is 5.82 Å². The van der Waals surface area contributed by atoms with E-state index in [9.17, 15) is 24.6 Å². The van der Waals surface area contributed by atoms with Gasteiger partial charge in [0.25, 0.3) is 5.56 Å². The molecule has 0 amide bonds. The lowest BCUT2D eigenvalue weighted by Gasteiger charge is -2.17. The maximum atomic E-state index is 12.3. The minimum atomic E-state index is -1.62. The fourth-order valence-electron chi connectivity index (χ4n) is 3.13. The molecule has 1 aromatic heterocycles. The second-order valence-electron chi connectivity index (χ2n) is 6.62. The van der Waals surface area contributed by atoms with Crippen molar-refractivity contribution >= 4 is 56.9 Å². The van der Waals surface area contributed by atoms with Crippen LogP contribution in [0.5, 0.6) is 11.5 Å². The third-order valence-corrected chi connectivity index (χ3v) is 5.75. The number of carboxylic acids is 2. The number of aromatic carboxylic acids is 2. The number of anilines is 1. The van der Waals surface area contributed by atoms with E-state index >= 15 is 0 Å². The van der Waals surface area contributed by atoms with Gasteiger partial charge in [0.1, 0.15) is 23.6 Å². The summed E-state index contributed by atoms with van der Waals surface area (Å²) in [6.07, 6.45) is 0. The summed E-state index contributed by atoms with van der Waals surface area (Å²) in [6.45, 7) is 0.0447. The summed E-state index contributed by atoms with van der Waals surface area (Å²) in [5.74, 6) is -3.26. The highest BCUT2D eigenvalue weighted by molar-refractivity contribution is 9.10. The quantitative estimate of drug-likeness (QED) is 0.327. The third-order valence-electron chi connectivity index (χ3n) is 4.58. The Morgan fingerprint density at radius 2 is 1.79 bits per heavy atom. The van der Waals surface area contributed by atoms with E-state index < -0.39 is 34.4 Å². The van der Waals surface area contributed by atoms with Gasteiger partial charge in [-0.25, -0.2) is 9.59 Å². The van der Waals surface area contributed by atoms with Crippen molar-refractivity contribution in [3.05, 3.63) is 71.9 Å². The Morgan fingerprint density at radius 3 is 2.36 bits per heavy atom. The molecule has 3 aromatic rings. The molecule has 0 atom stereocenters. The number of halogens is 3. The van der Waals surface area contributed by atoms with Crippen molar-refractivity contribution in [3.63, 3.8) is 0 Å². The molecule has 0 fully saturated rings. The topological polar surface area (TPSA) is 152 Å². The molecule has 9 nitrogen and oxygen atoms in total. The molecule has 0 saturated carbocycles. The van der Waals surface area contributed by atoms with Crippen molar-refractivity contribution in [2.24, 2.45) is 0 Å². The molecule has 5 N–H and O–H groups in total. The lowest BCUT2D eigenvalue weighted by Crippen LogP contribution is -2.24. The number of methoxy groups -OCH3 is 1. The molecule has 2 aromatic carbocycles. The van der Waals surface area contributed by atoms with Crippen LogP contribution in [0.2, 0.25) is 10.0 Å². The lowest BCUT2D eigenvalue weighted by atomic mass is 9.95. The van der Waals surface area contributed by atoms with E-state index in [1.165, 1.54) is 19.2 Å². The first kappa shape index (κ1) is 24.4. The average molecular weight is 558 g/mol. The van der Waals surface area contributed by atoms with Gasteiger partial charge < -0.3 is 30.4 Å². The molecule has 172 valence electrons. The van der Waals surface area contributed by atoms with Crippen LogP contribution in [0.1, 0.15) is 26.3 Å². The molecule has 0 radical (unpaired) electrons. The summed E-state index contributed by atoms with van der Waals surface area (Å²) in [5.41, 5.74) is 3.62. The van der Waals surface area contributed by atoms with Gasteiger partial charge in [-0.2, -0.15) is 0 Å². The zero-order chi connectivity index (χ0) is 24.4. The van der Waals surface area contributed by atoms with Gasteiger partial charge in [0.2, 0.25) is 0 Å². The number of rotatable bonds is 7. The number of hydrogen-bond acceptors (Lipinski definition) is 6. The normalized spacial score (nSPS) is 10.7. The molecular formula is C21H15BrCl2N2O7. The molecule has 0 aliphatic heterocycles. The summed E-state index contributed by atoms with van der Waals surface area (Å²) < 4.78 is 11.5. The molecule has 0 saturated heterocycles. The Hall–Kier alpha value is -3.21. The monoisotopic (exact) mass is 556 g/mol. The second-order valence-corrected chi connectivity index (χ2v) is 8.31. The van der Waals surface area contributed by atoms with Crippen molar-refractivity contribution in [2.45, 2.75) is 6.61 Å². The van der Waals surface area contributed by atoms with Gasteiger partial charge in [0, 0.05) is 21.2 Å². The van der Waals surface area contributed by atoms with Crippen LogP contribution in [0, 0.1) is 0 Å². The number of H-pyrrole nitrogens is 1. The predicted octanol–water partition coefficient (Wildman–Crippen LogP) is 4.68. The van der Waals surface area contributed by atoms with E-state index in [1.54, 1.807) is 18.2 Å². The molecule has 0 spiro atoms. The Morgan fingerprint density at radius 1 is 1.12 bits per heavy atom. The number of carbonyl (C=O) groups is 2. The van der Waals surface area contributed by atoms with E-state index in [1.807, 2.05) is 0 Å². The zero-order valence-corrected chi connectivity index (χ0v) is 19.8. The van der Waals surface area contributed by atoms with Gasteiger partial charge in [0.05, 0.1) is 11.6 Å². The number of hydrogen-bond donors (Lipinski definition) is 4. The number of aromatic amines is 1. The van der Waals surface area contributed by atoms with Crippen LogP contribution >= 0.6 is 39.1 Å². The SMILES string of the molecule is COc1cc(-c2c(C(=O)O)c(N)[nH]c(=O)c2C(=O)O)cc(Br)c1OCc1ccc(Cl)cc1Cl. The van der Waals surface area contributed by atoms with Crippen LogP contribution < -0.4 is 20.8 Å². The van der Waals surface area contributed by atoms with Crippen molar-refractivity contribution in [1.82, 2.24) is 4.98 Å². The lowest BCUT2D eigenvalue weighted by molar-refractivity contribution is 0.0695. The van der Waals surface area contributed by atoms with Crippen molar-refractivity contribution in [1.29, 1.82) is 0 Å². The Labute approximate surface area is 204 Å². The number of ether oxygens (including phenoxy) is 2. The standard InChI is InChI=1S/C21H15BrCl2N2O7/c1-32-13-5-9(14-15(20(28)29)18(25)26-19(27)16(14)21(30)31)4-11(22)17(13)33-7-8-2-3-10(23)6-12(8)24/h2-6H,7H2,1H3,(H,28,29)(H,30,31)(H3,25,26,27). The number of nitrogen functional groups attached to an aromatic ring is 1. The first-order chi connectivity index (χ1) is 15.5. The number of nitrogens with two attached hydrogens (primary N) is 1. The molecule has 12 heteroatoms. The maximum Gasteiger partial charge on any atom is 0.342 e. The minimum Gasteiger partial charge on any atom is -0.493 e. The molecule has 0 aliphatic rings. The van der Waals surface area contributed by atoms with Crippen molar-refractivity contribution in [3.8, 4) is 22.6 Å². The summed E-state index contributed by atoms with van der Waals surface area (Å²) >= 11 is 15.4. The van der Waals surface area contributed by atoms with Crippen LogP contribution in [0.3, 0.4) is 0 Å². The van der Waals surface area contributed by atoms with Crippen molar-refractivity contribution in [2.75, 3.05) is 12.8 Å². The van der Waals surface area contributed by atoms with Crippen LogP contribution in [-0.2, 0) is 6.61 Å². The Kier molecular flexibility index (Phi) is 7.21. The van der Waals surface area contributed by atoms with E-state index in [4.69, 9.17) is 38.4 Å². The van der Waals surface area contributed by atoms with Gasteiger partial charge in [0.15, 0.2) is 11.5 Å². The number of benzene rings is 2. The fraction of sp³-hybridized carbons (Fsp3) is 0.0952. The molecule has 3 rings (SSSR count). The summed E-state index contributed by atoms with van der Waals surface area (Å²) in [4.78, 5) is 37.9. The van der Waals surface area contributed by atoms with Gasteiger partial charge in [-0.05, 0) is 45.8 Å². The molecular weight excluding hydrogens is 543 g/mol. The highest BCUT2D eigenvalue weighted by Crippen LogP contribution is 2.42. The number of nitrogens with one attached hydrogen (secondary N) is 1. The summed E-state index contributed by atoms with van der Waals surface area (Å²) in [5, 5.41) is 20.1. The first-order valence-corrected chi connectivity index (χ1v) is 10.6. The van der Waals surface area contributed by atoms with E-state index in [0.29, 0.717) is 20.1 Å². The van der Waals surface area contributed by atoms with Gasteiger partial charge >= 0.3 is 11.9 Å². The van der Waals surface area contributed by atoms with E-state index in [0.717, 1.165) is 0 Å². The highest BCUT2D eigenvalue weighted by Gasteiger charge is 2.28. The highest BCUT2D eigenvalue weighted by atomic mass is 79.9. The summed E-state index contributed by atoms with van der Waals surface area (Å²) in [6, 6.07) is 7.65. The van der Waals surface area contributed by atoms with Crippen LogP contribution in [-0.4, -0.2) is 34.2 Å². The molecule has 0 bridgehead atoms. The van der Waals surface area contributed by atoms with E-state index in [2.05, 4.69) is 20.9 Å². The van der Waals surface area contributed by atoms with E-state index in [-0.39, 0.29) is 29.2 Å². The first-order valence-electron chi connectivity index (χ1n) is 9.02.